The minimum absolute atomic E-state index is 0.0499. The van der Waals surface area contributed by atoms with Gasteiger partial charge in [-0.2, -0.15) is 0 Å². The van der Waals surface area contributed by atoms with Crippen LogP contribution in [0.5, 0.6) is 5.75 Å². The standard InChI is InChI=1S/C21H24N4O4S/c1-29-17-6-4-16(5-7-17)25-13-15(11-18(25)26)20(28)24-9-2-3-14(12-24)19(27)23-21-22-8-10-30-21/h4-8,10,14-15H,2-3,9,11-13H2,1H3,(H,22,23,27)/t14-,15+/m1/s1. The zero-order valence-electron chi connectivity index (χ0n) is 16.7. The predicted molar refractivity (Wildman–Crippen MR) is 114 cm³/mol. The summed E-state index contributed by atoms with van der Waals surface area (Å²) in [4.78, 5) is 45.6. The Labute approximate surface area is 178 Å². The summed E-state index contributed by atoms with van der Waals surface area (Å²) < 4.78 is 5.16. The SMILES string of the molecule is COc1ccc(N2C[C@@H](C(=O)N3CCC[C@@H](C(=O)Nc4nccs4)C3)CC2=O)cc1. The largest absolute Gasteiger partial charge is 0.497 e. The third-order valence-electron chi connectivity index (χ3n) is 5.62. The second kappa shape index (κ2) is 8.83. The second-order valence-electron chi connectivity index (χ2n) is 7.55. The van der Waals surface area contributed by atoms with E-state index in [2.05, 4.69) is 10.3 Å². The Morgan fingerprint density at radius 3 is 2.70 bits per heavy atom. The van der Waals surface area contributed by atoms with E-state index >= 15 is 0 Å². The van der Waals surface area contributed by atoms with Crippen LogP contribution >= 0.6 is 11.3 Å². The van der Waals surface area contributed by atoms with Gasteiger partial charge in [0.05, 0.1) is 18.9 Å². The summed E-state index contributed by atoms with van der Waals surface area (Å²) in [5, 5.41) is 5.20. The fourth-order valence-corrected chi connectivity index (χ4v) is 4.56. The van der Waals surface area contributed by atoms with Crippen LogP contribution in [0, 0.1) is 11.8 Å². The maximum Gasteiger partial charge on any atom is 0.231 e. The molecule has 3 heterocycles. The van der Waals surface area contributed by atoms with Gasteiger partial charge in [-0.15, -0.1) is 11.3 Å². The zero-order chi connectivity index (χ0) is 21.1. The number of hydrogen-bond acceptors (Lipinski definition) is 6. The molecule has 2 aliphatic heterocycles. The highest BCUT2D eigenvalue weighted by Crippen LogP contribution is 2.29. The molecule has 1 aromatic heterocycles. The van der Waals surface area contributed by atoms with E-state index in [9.17, 15) is 14.4 Å². The van der Waals surface area contributed by atoms with Crippen molar-refractivity contribution in [3.8, 4) is 5.75 Å². The van der Waals surface area contributed by atoms with Crippen molar-refractivity contribution in [3.05, 3.63) is 35.8 Å². The molecule has 0 aliphatic carbocycles. The number of piperidine rings is 1. The lowest BCUT2D eigenvalue weighted by molar-refractivity contribution is -0.138. The van der Waals surface area contributed by atoms with E-state index in [1.165, 1.54) is 11.3 Å². The monoisotopic (exact) mass is 428 g/mol. The Morgan fingerprint density at radius 1 is 1.20 bits per heavy atom. The molecular weight excluding hydrogens is 404 g/mol. The molecule has 1 aromatic carbocycles. The Morgan fingerprint density at radius 2 is 2.00 bits per heavy atom. The molecule has 0 bridgehead atoms. The van der Waals surface area contributed by atoms with Crippen LogP contribution in [0.2, 0.25) is 0 Å². The van der Waals surface area contributed by atoms with Crippen molar-refractivity contribution in [1.29, 1.82) is 0 Å². The molecule has 158 valence electrons. The molecule has 0 radical (unpaired) electrons. The predicted octanol–water partition coefficient (Wildman–Crippen LogP) is 2.38. The molecule has 2 aromatic rings. The number of anilines is 2. The van der Waals surface area contributed by atoms with Crippen molar-refractivity contribution in [1.82, 2.24) is 9.88 Å². The van der Waals surface area contributed by atoms with Crippen LogP contribution in [0.4, 0.5) is 10.8 Å². The highest BCUT2D eigenvalue weighted by Gasteiger charge is 2.39. The number of nitrogens with zero attached hydrogens (tertiary/aromatic N) is 3. The van der Waals surface area contributed by atoms with Crippen molar-refractivity contribution in [2.24, 2.45) is 11.8 Å². The van der Waals surface area contributed by atoms with Gasteiger partial charge >= 0.3 is 0 Å². The minimum atomic E-state index is -0.389. The molecule has 2 fully saturated rings. The Balaban J connectivity index is 1.37. The fraction of sp³-hybridized carbons (Fsp3) is 0.429. The van der Waals surface area contributed by atoms with Gasteiger partial charge in [0.15, 0.2) is 5.13 Å². The summed E-state index contributed by atoms with van der Waals surface area (Å²) >= 11 is 1.37. The van der Waals surface area contributed by atoms with E-state index in [4.69, 9.17) is 4.74 Å². The van der Waals surface area contributed by atoms with Gasteiger partial charge in [-0.05, 0) is 37.1 Å². The number of benzene rings is 1. The van der Waals surface area contributed by atoms with Gasteiger partial charge in [0.1, 0.15) is 5.75 Å². The maximum atomic E-state index is 13.1. The summed E-state index contributed by atoms with van der Waals surface area (Å²) in [6, 6.07) is 7.25. The van der Waals surface area contributed by atoms with Crippen molar-refractivity contribution >= 4 is 39.9 Å². The first-order chi connectivity index (χ1) is 14.5. The second-order valence-corrected chi connectivity index (χ2v) is 8.45. The van der Waals surface area contributed by atoms with Crippen LogP contribution < -0.4 is 15.0 Å². The number of nitrogens with one attached hydrogen (secondary N) is 1. The van der Waals surface area contributed by atoms with Crippen LogP contribution in [-0.2, 0) is 14.4 Å². The Kier molecular flexibility index (Phi) is 5.98. The highest BCUT2D eigenvalue weighted by atomic mass is 32.1. The maximum absolute atomic E-state index is 13.1. The molecule has 0 saturated carbocycles. The number of ether oxygens (including phenoxy) is 1. The van der Waals surface area contributed by atoms with Crippen LogP contribution in [-0.4, -0.2) is 54.3 Å². The lowest BCUT2D eigenvalue weighted by Gasteiger charge is -2.33. The van der Waals surface area contributed by atoms with E-state index in [-0.39, 0.29) is 36.0 Å². The summed E-state index contributed by atoms with van der Waals surface area (Å²) in [6.07, 6.45) is 3.34. The average molecular weight is 429 g/mol. The molecule has 1 N–H and O–H groups in total. The molecule has 0 spiro atoms. The summed E-state index contributed by atoms with van der Waals surface area (Å²) in [6.45, 7) is 1.35. The number of thiazole rings is 1. The van der Waals surface area contributed by atoms with E-state index in [1.807, 2.05) is 12.1 Å². The first-order valence-electron chi connectivity index (χ1n) is 9.98. The number of aromatic nitrogens is 1. The Hall–Kier alpha value is -2.94. The fourth-order valence-electron chi connectivity index (χ4n) is 4.03. The molecule has 8 nitrogen and oxygen atoms in total. The first kappa shape index (κ1) is 20.3. The average Bonchev–Trinajstić information content (AvgIpc) is 3.43. The van der Waals surface area contributed by atoms with Crippen LogP contribution in [0.3, 0.4) is 0 Å². The third-order valence-corrected chi connectivity index (χ3v) is 6.31. The lowest BCUT2D eigenvalue weighted by Crippen LogP contribution is -2.46. The smallest absolute Gasteiger partial charge is 0.231 e. The normalized spacial score (nSPS) is 21.6. The van der Waals surface area contributed by atoms with Crippen molar-refractivity contribution < 1.29 is 19.1 Å². The quantitative estimate of drug-likeness (QED) is 0.790. The number of likely N-dealkylation sites (tertiary alicyclic amines) is 1. The van der Waals surface area contributed by atoms with Gasteiger partial charge in [0.2, 0.25) is 17.7 Å². The molecule has 2 atom stereocenters. The minimum Gasteiger partial charge on any atom is -0.497 e. The number of carbonyl (C=O) groups is 3. The zero-order valence-corrected chi connectivity index (χ0v) is 17.6. The number of methoxy groups -OCH3 is 1. The van der Waals surface area contributed by atoms with E-state index in [1.54, 1.807) is 40.6 Å². The molecule has 9 heteroatoms. The van der Waals surface area contributed by atoms with Gasteiger partial charge in [-0.1, -0.05) is 0 Å². The van der Waals surface area contributed by atoms with Gasteiger partial charge in [-0.25, -0.2) is 4.98 Å². The van der Waals surface area contributed by atoms with Gasteiger partial charge in [0.25, 0.3) is 0 Å². The summed E-state index contributed by atoms with van der Waals surface area (Å²) in [5.41, 5.74) is 0.760. The molecule has 30 heavy (non-hydrogen) atoms. The van der Waals surface area contributed by atoms with E-state index in [0.717, 1.165) is 18.5 Å². The third kappa shape index (κ3) is 4.30. The van der Waals surface area contributed by atoms with Gasteiger partial charge in [0, 0.05) is 43.3 Å². The summed E-state index contributed by atoms with van der Waals surface area (Å²) in [5.74, 6) is -0.153. The van der Waals surface area contributed by atoms with Crippen LogP contribution in [0.25, 0.3) is 0 Å². The number of carbonyl (C=O) groups excluding carboxylic acids is 3. The molecular formula is C21H24N4O4S. The molecule has 2 saturated heterocycles. The molecule has 0 unspecified atom stereocenters. The van der Waals surface area contributed by atoms with Crippen molar-refractivity contribution in [3.63, 3.8) is 0 Å². The highest BCUT2D eigenvalue weighted by molar-refractivity contribution is 7.13. The molecule has 4 rings (SSSR count). The van der Waals surface area contributed by atoms with Crippen molar-refractivity contribution in [2.75, 3.05) is 37.0 Å². The number of rotatable bonds is 5. The van der Waals surface area contributed by atoms with Crippen LogP contribution in [0.1, 0.15) is 19.3 Å². The van der Waals surface area contributed by atoms with E-state index < -0.39 is 0 Å². The van der Waals surface area contributed by atoms with E-state index in [0.29, 0.717) is 30.5 Å². The molecule has 2 aliphatic rings. The topological polar surface area (TPSA) is 91.8 Å². The van der Waals surface area contributed by atoms with Crippen LogP contribution in [0.15, 0.2) is 35.8 Å². The van der Waals surface area contributed by atoms with Gasteiger partial charge < -0.3 is 19.9 Å². The first-order valence-corrected chi connectivity index (χ1v) is 10.9. The lowest BCUT2D eigenvalue weighted by atomic mass is 9.95. The van der Waals surface area contributed by atoms with Gasteiger partial charge in [-0.3, -0.25) is 14.4 Å². The number of hydrogen-bond donors (Lipinski definition) is 1. The molecule has 3 amide bonds. The Bertz CT molecular complexity index is 916. The number of amides is 3. The van der Waals surface area contributed by atoms with Crippen molar-refractivity contribution in [2.45, 2.75) is 19.3 Å². The summed E-state index contributed by atoms with van der Waals surface area (Å²) in [7, 11) is 1.59.